The molecule has 1 aliphatic carbocycles. The maximum Gasteiger partial charge on any atom is 0.217 e. The van der Waals surface area contributed by atoms with Gasteiger partial charge in [-0.2, -0.15) is 4.31 Å². The van der Waals surface area contributed by atoms with Gasteiger partial charge >= 0.3 is 0 Å². The van der Waals surface area contributed by atoms with E-state index in [0.717, 1.165) is 12.8 Å². The van der Waals surface area contributed by atoms with Gasteiger partial charge in [-0.3, -0.25) is 0 Å². The quantitative estimate of drug-likeness (QED) is 0.641. The molecule has 2 aliphatic rings. The predicted octanol–water partition coefficient (Wildman–Crippen LogP) is 0.522. The molecule has 1 heterocycles. The first-order chi connectivity index (χ1) is 5.42. The maximum atomic E-state index is 13.0. The lowest BCUT2D eigenvalue weighted by Gasteiger charge is -2.40. The molecule has 0 aromatic heterocycles. The van der Waals surface area contributed by atoms with Crippen molar-refractivity contribution in [2.75, 3.05) is 13.1 Å². The van der Waals surface area contributed by atoms with Crippen molar-refractivity contribution in [3.05, 3.63) is 0 Å². The highest BCUT2D eigenvalue weighted by Gasteiger charge is 2.50. The van der Waals surface area contributed by atoms with Gasteiger partial charge in [-0.1, -0.05) is 0 Å². The third-order valence-electron chi connectivity index (χ3n) is 2.32. The van der Waals surface area contributed by atoms with E-state index in [0.29, 0.717) is 0 Å². The van der Waals surface area contributed by atoms with Crippen molar-refractivity contribution >= 4 is 10.0 Å². The minimum atomic E-state index is -3.11. The molecule has 0 radical (unpaired) electrons. The zero-order chi connectivity index (χ0) is 8.98. The zero-order valence-electron chi connectivity index (χ0n) is 6.96. The van der Waals surface area contributed by atoms with Crippen molar-refractivity contribution in [2.24, 2.45) is 0 Å². The lowest BCUT2D eigenvalue weighted by Crippen LogP contribution is -2.59. The number of hydrogen-bond donors (Lipinski definition) is 0. The number of hydrogen-bond acceptors (Lipinski definition) is 2. The molecule has 0 aromatic carbocycles. The zero-order valence-corrected chi connectivity index (χ0v) is 7.77. The first-order valence-electron chi connectivity index (χ1n) is 4.10. The van der Waals surface area contributed by atoms with Crippen LogP contribution in [0.2, 0.25) is 0 Å². The molecule has 0 aromatic rings. The summed E-state index contributed by atoms with van der Waals surface area (Å²) in [5, 5.41) is -0.200. The van der Waals surface area contributed by atoms with Crippen LogP contribution in [0.15, 0.2) is 0 Å². The Hall–Kier alpha value is -0.160. The normalized spacial score (nSPS) is 29.8. The van der Waals surface area contributed by atoms with E-state index in [4.69, 9.17) is 0 Å². The van der Waals surface area contributed by atoms with E-state index >= 15 is 0 Å². The second-order valence-electron chi connectivity index (χ2n) is 3.93. The smallest absolute Gasteiger partial charge is 0.217 e. The molecule has 5 heteroatoms. The number of nitrogens with zero attached hydrogens (tertiary/aromatic N) is 1. The van der Waals surface area contributed by atoms with Gasteiger partial charge < -0.3 is 0 Å². The van der Waals surface area contributed by atoms with Crippen molar-refractivity contribution in [1.29, 1.82) is 0 Å². The molecule has 1 saturated heterocycles. The van der Waals surface area contributed by atoms with Crippen molar-refractivity contribution in [2.45, 2.75) is 30.7 Å². The summed E-state index contributed by atoms with van der Waals surface area (Å²) in [5.74, 6) is 0. The van der Waals surface area contributed by atoms with E-state index in [1.807, 2.05) is 0 Å². The Labute approximate surface area is 71.6 Å². The molecule has 1 aliphatic heterocycles. The molecule has 2 fully saturated rings. The molecule has 0 atom stereocenters. The van der Waals surface area contributed by atoms with Gasteiger partial charge in [0.1, 0.15) is 5.67 Å². The summed E-state index contributed by atoms with van der Waals surface area (Å²) in [7, 11) is -3.11. The van der Waals surface area contributed by atoms with Crippen LogP contribution < -0.4 is 0 Å². The number of halogens is 1. The Balaban J connectivity index is 2.04. The fourth-order valence-corrected chi connectivity index (χ4v) is 3.50. The van der Waals surface area contributed by atoms with Crippen LogP contribution in [-0.4, -0.2) is 36.7 Å². The average molecular weight is 193 g/mol. The van der Waals surface area contributed by atoms with Gasteiger partial charge in [-0.25, -0.2) is 12.8 Å². The van der Waals surface area contributed by atoms with E-state index < -0.39 is 15.7 Å². The van der Waals surface area contributed by atoms with Crippen LogP contribution in [0, 0.1) is 0 Å². The van der Waals surface area contributed by atoms with Crippen LogP contribution in [-0.2, 0) is 10.0 Å². The molecule has 0 unspecified atom stereocenters. The van der Waals surface area contributed by atoms with Gasteiger partial charge in [0.15, 0.2) is 0 Å². The SMILES string of the molecule is CC1(F)CN(S(=O)(=O)C2CC2)C1. The summed E-state index contributed by atoms with van der Waals surface area (Å²) in [6.07, 6.45) is 1.50. The number of rotatable bonds is 2. The molecule has 0 bridgehead atoms. The van der Waals surface area contributed by atoms with Crippen LogP contribution in [0.3, 0.4) is 0 Å². The molecule has 0 N–H and O–H groups in total. The summed E-state index contributed by atoms with van der Waals surface area (Å²) in [4.78, 5) is 0. The number of alkyl halides is 1. The molecule has 70 valence electrons. The van der Waals surface area contributed by atoms with Gasteiger partial charge in [0.2, 0.25) is 10.0 Å². The molecular formula is C7H12FNO2S. The monoisotopic (exact) mass is 193 g/mol. The first kappa shape index (κ1) is 8.44. The summed E-state index contributed by atoms with van der Waals surface area (Å²) in [5.41, 5.74) is -1.29. The van der Waals surface area contributed by atoms with Crippen molar-refractivity contribution < 1.29 is 12.8 Å². The first-order valence-corrected chi connectivity index (χ1v) is 5.60. The van der Waals surface area contributed by atoms with Crippen LogP contribution in [0.1, 0.15) is 19.8 Å². The molecule has 12 heavy (non-hydrogen) atoms. The van der Waals surface area contributed by atoms with E-state index in [9.17, 15) is 12.8 Å². The maximum absolute atomic E-state index is 13.0. The van der Waals surface area contributed by atoms with E-state index in [1.165, 1.54) is 11.2 Å². The van der Waals surface area contributed by atoms with Gasteiger partial charge in [0, 0.05) is 13.1 Å². The lowest BCUT2D eigenvalue weighted by atomic mass is 10.0. The largest absolute Gasteiger partial charge is 0.241 e. The van der Waals surface area contributed by atoms with E-state index in [2.05, 4.69) is 0 Å². The highest BCUT2D eigenvalue weighted by Crippen LogP contribution is 2.36. The standard InChI is InChI=1S/C7H12FNO2S/c1-7(8)4-9(5-7)12(10,11)6-2-3-6/h6H,2-5H2,1H3. The summed E-state index contributed by atoms with van der Waals surface area (Å²) in [6, 6.07) is 0. The minimum Gasteiger partial charge on any atom is -0.241 e. The molecular weight excluding hydrogens is 181 g/mol. The Morgan fingerprint density at radius 3 is 2.25 bits per heavy atom. The molecule has 3 nitrogen and oxygen atoms in total. The van der Waals surface area contributed by atoms with Gasteiger partial charge in [-0.05, 0) is 19.8 Å². The van der Waals surface area contributed by atoms with E-state index in [1.54, 1.807) is 0 Å². The van der Waals surface area contributed by atoms with Crippen LogP contribution in [0.5, 0.6) is 0 Å². The Morgan fingerprint density at radius 2 is 1.92 bits per heavy atom. The Kier molecular flexibility index (Phi) is 1.55. The van der Waals surface area contributed by atoms with Crippen LogP contribution in [0.4, 0.5) is 4.39 Å². The second kappa shape index (κ2) is 2.20. The molecule has 0 amide bonds. The van der Waals surface area contributed by atoms with E-state index in [-0.39, 0.29) is 18.3 Å². The fraction of sp³-hybridized carbons (Fsp3) is 1.00. The third-order valence-corrected chi connectivity index (χ3v) is 4.61. The molecule has 0 spiro atoms. The van der Waals surface area contributed by atoms with Crippen LogP contribution >= 0.6 is 0 Å². The van der Waals surface area contributed by atoms with Gasteiger partial charge in [0.25, 0.3) is 0 Å². The second-order valence-corrected chi connectivity index (χ2v) is 6.14. The molecule has 1 saturated carbocycles. The predicted molar refractivity (Wildman–Crippen MR) is 43.0 cm³/mol. The Morgan fingerprint density at radius 1 is 1.42 bits per heavy atom. The highest BCUT2D eigenvalue weighted by atomic mass is 32.2. The molecule has 2 rings (SSSR count). The summed E-state index contributed by atoms with van der Waals surface area (Å²) >= 11 is 0. The lowest BCUT2D eigenvalue weighted by molar-refractivity contribution is 0.0396. The fourth-order valence-electron chi connectivity index (χ4n) is 1.45. The number of sulfonamides is 1. The topological polar surface area (TPSA) is 37.4 Å². The van der Waals surface area contributed by atoms with Crippen molar-refractivity contribution in [1.82, 2.24) is 4.31 Å². The Bertz CT molecular complexity index is 287. The van der Waals surface area contributed by atoms with Crippen LogP contribution in [0.25, 0.3) is 0 Å². The minimum absolute atomic E-state index is 0.0475. The summed E-state index contributed by atoms with van der Waals surface area (Å²) < 4.78 is 37.1. The third kappa shape index (κ3) is 1.25. The van der Waals surface area contributed by atoms with Crippen molar-refractivity contribution in [3.8, 4) is 0 Å². The highest BCUT2D eigenvalue weighted by molar-refractivity contribution is 7.90. The van der Waals surface area contributed by atoms with Crippen molar-refractivity contribution in [3.63, 3.8) is 0 Å². The van der Waals surface area contributed by atoms with Gasteiger partial charge in [-0.15, -0.1) is 0 Å². The average Bonchev–Trinajstić information content (AvgIpc) is 2.62. The summed E-state index contributed by atoms with van der Waals surface area (Å²) in [6.45, 7) is 1.53. The van der Waals surface area contributed by atoms with Gasteiger partial charge in [0.05, 0.1) is 5.25 Å².